The highest BCUT2D eigenvalue weighted by Gasteiger charge is 2.19. The molecule has 0 aliphatic carbocycles. The summed E-state index contributed by atoms with van der Waals surface area (Å²) < 4.78 is 16.7. The molecular weight excluding hydrogens is 745 g/mol. The molecule has 0 aliphatic heterocycles. The monoisotopic (exact) mass is 841 g/mol. The lowest BCUT2D eigenvalue weighted by Gasteiger charge is -2.18. The molecule has 0 rings (SSSR count). The lowest BCUT2D eigenvalue weighted by atomic mass is 10.0. The van der Waals surface area contributed by atoms with E-state index in [1.54, 1.807) is 0 Å². The third-order valence-corrected chi connectivity index (χ3v) is 11.1. The first-order valence-corrected chi connectivity index (χ1v) is 25.6. The Balaban J connectivity index is 4.19. The van der Waals surface area contributed by atoms with Crippen LogP contribution in [0.5, 0.6) is 0 Å². The standard InChI is InChI=1S/C54H96O6/c1-4-7-10-13-16-18-20-22-24-25-26-27-28-29-31-32-34-36-38-41-44-47-53(56)59-50-51(49-58-52(55)46-43-40-15-12-9-6-3)60-54(57)48-45-42-39-37-35-33-30-23-21-19-17-14-11-8-5-2/h8,11,17,19,23,30,35,37,51H,4-7,9-10,12-16,18,20-22,24-29,31-34,36,38-50H2,1-3H3/b11-8-,19-17-,30-23-,37-35-. The van der Waals surface area contributed by atoms with Gasteiger partial charge in [-0.2, -0.15) is 0 Å². The fraction of sp³-hybridized carbons (Fsp3) is 0.796. The zero-order valence-electron chi connectivity index (χ0n) is 39.7. The third kappa shape index (κ3) is 46.4. The molecule has 1 atom stereocenters. The Kier molecular flexibility index (Phi) is 46.9. The minimum absolute atomic E-state index is 0.0872. The molecule has 0 N–H and O–H groups in total. The number of allylic oxidation sites excluding steroid dienone is 8. The first kappa shape index (κ1) is 57.4. The Morgan fingerprint density at radius 2 is 0.650 bits per heavy atom. The average molecular weight is 841 g/mol. The van der Waals surface area contributed by atoms with Crippen molar-refractivity contribution in [3.63, 3.8) is 0 Å². The van der Waals surface area contributed by atoms with Crippen molar-refractivity contribution in [1.29, 1.82) is 0 Å². The van der Waals surface area contributed by atoms with Gasteiger partial charge in [0.1, 0.15) is 13.2 Å². The number of hydrogen-bond donors (Lipinski definition) is 0. The quantitative estimate of drug-likeness (QED) is 0.0263. The van der Waals surface area contributed by atoms with E-state index in [1.807, 2.05) is 0 Å². The fourth-order valence-electron chi connectivity index (χ4n) is 7.26. The lowest BCUT2D eigenvalue weighted by molar-refractivity contribution is -0.167. The van der Waals surface area contributed by atoms with Gasteiger partial charge in [-0.25, -0.2) is 0 Å². The molecule has 0 spiro atoms. The van der Waals surface area contributed by atoms with Crippen molar-refractivity contribution in [2.75, 3.05) is 13.2 Å². The van der Waals surface area contributed by atoms with Crippen LogP contribution < -0.4 is 0 Å². The molecule has 0 saturated heterocycles. The second-order valence-corrected chi connectivity index (χ2v) is 17.1. The summed E-state index contributed by atoms with van der Waals surface area (Å²) in [6, 6.07) is 0. The van der Waals surface area contributed by atoms with Crippen molar-refractivity contribution >= 4 is 17.9 Å². The van der Waals surface area contributed by atoms with Crippen LogP contribution in [0.3, 0.4) is 0 Å². The SMILES string of the molecule is CC/C=C\C/C=C\C/C=C\C/C=C\CCCCC(=O)OC(COC(=O)CCCCCCCC)COC(=O)CCCCCCCCCCCCCCCCCCCCCCC. The van der Waals surface area contributed by atoms with Gasteiger partial charge in [-0.1, -0.05) is 230 Å². The van der Waals surface area contributed by atoms with Crippen LogP contribution in [0.1, 0.15) is 258 Å². The van der Waals surface area contributed by atoms with E-state index in [9.17, 15) is 14.4 Å². The molecule has 0 bridgehead atoms. The van der Waals surface area contributed by atoms with Crippen molar-refractivity contribution in [3.8, 4) is 0 Å². The highest BCUT2D eigenvalue weighted by atomic mass is 16.6. The zero-order chi connectivity index (χ0) is 43.7. The van der Waals surface area contributed by atoms with Gasteiger partial charge in [0.15, 0.2) is 6.10 Å². The minimum atomic E-state index is -0.788. The van der Waals surface area contributed by atoms with Gasteiger partial charge in [-0.15, -0.1) is 0 Å². The molecule has 0 fully saturated rings. The van der Waals surface area contributed by atoms with Gasteiger partial charge in [0, 0.05) is 19.3 Å². The molecule has 0 amide bonds. The Labute approximate surface area is 371 Å². The Morgan fingerprint density at radius 1 is 0.350 bits per heavy atom. The number of carbonyl (C=O) groups is 3. The van der Waals surface area contributed by atoms with Crippen LogP contribution in [-0.4, -0.2) is 37.2 Å². The maximum absolute atomic E-state index is 12.7. The summed E-state index contributed by atoms with van der Waals surface area (Å²) in [5, 5.41) is 0. The van der Waals surface area contributed by atoms with E-state index in [4.69, 9.17) is 14.2 Å². The predicted octanol–water partition coefficient (Wildman–Crippen LogP) is 16.7. The van der Waals surface area contributed by atoms with Gasteiger partial charge in [0.25, 0.3) is 0 Å². The van der Waals surface area contributed by atoms with E-state index >= 15 is 0 Å². The molecule has 6 nitrogen and oxygen atoms in total. The molecule has 0 radical (unpaired) electrons. The highest BCUT2D eigenvalue weighted by molar-refractivity contribution is 5.71. The van der Waals surface area contributed by atoms with Gasteiger partial charge in [0.05, 0.1) is 0 Å². The van der Waals surface area contributed by atoms with Gasteiger partial charge in [-0.3, -0.25) is 14.4 Å². The number of unbranched alkanes of at least 4 members (excludes halogenated alkanes) is 27. The molecule has 0 aromatic heterocycles. The maximum atomic E-state index is 12.7. The van der Waals surface area contributed by atoms with E-state index < -0.39 is 6.10 Å². The lowest BCUT2D eigenvalue weighted by Crippen LogP contribution is -2.30. The molecule has 6 heteroatoms. The van der Waals surface area contributed by atoms with Gasteiger partial charge < -0.3 is 14.2 Å². The summed E-state index contributed by atoms with van der Waals surface area (Å²) >= 11 is 0. The summed E-state index contributed by atoms with van der Waals surface area (Å²) in [6.45, 7) is 6.45. The van der Waals surface area contributed by atoms with Crippen LogP contribution in [0, 0.1) is 0 Å². The van der Waals surface area contributed by atoms with Crippen LogP contribution >= 0.6 is 0 Å². The van der Waals surface area contributed by atoms with Crippen molar-refractivity contribution in [1.82, 2.24) is 0 Å². The van der Waals surface area contributed by atoms with Gasteiger partial charge in [-0.05, 0) is 57.8 Å². The second-order valence-electron chi connectivity index (χ2n) is 17.1. The van der Waals surface area contributed by atoms with Crippen LogP contribution in [0.25, 0.3) is 0 Å². The number of rotatable bonds is 46. The maximum Gasteiger partial charge on any atom is 0.306 e. The van der Waals surface area contributed by atoms with Crippen LogP contribution in [-0.2, 0) is 28.6 Å². The van der Waals surface area contributed by atoms with E-state index in [2.05, 4.69) is 69.4 Å². The molecule has 0 aliphatic rings. The molecule has 0 aromatic carbocycles. The van der Waals surface area contributed by atoms with Crippen LogP contribution in [0.15, 0.2) is 48.6 Å². The summed E-state index contributed by atoms with van der Waals surface area (Å²) in [7, 11) is 0. The second kappa shape index (κ2) is 49.0. The Morgan fingerprint density at radius 3 is 1.02 bits per heavy atom. The minimum Gasteiger partial charge on any atom is -0.462 e. The number of hydrogen-bond acceptors (Lipinski definition) is 6. The highest BCUT2D eigenvalue weighted by Crippen LogP contribution is 2.16. The first-order valence-electron chi connectivity index (χ1n) is 25.6. The average Bonchev–Trinajstić information content (AvgIpc) is 3.24. The van der Waals surface area contributed by atoms with Crippen molar-refractivity contribution in [3.05, 3.63) is 48.6 Å². The van der Waals surface area contributed by atoms with E-state index in [0.29, 0.717) is 19.3 Å². The normalized spacial score (nSPS) is 12.4. The molecule has 348 valence electrons. The number of ether oxygens (including phenoxy) is 3. The van der Waals surface area contributed by atoms with Gasteiger partial charge in [0.2, 0.25) is 0 Å². The Bertz CT molecular complexity index is 1060. The molecule has 0 saturated carbocycles. The summed E-state index contributed by atoms with van der Waals surface area (Å²) in [4.78, 5) is 37.7. The van der Waals surface area contributed by atoms with Crippen LogP contribution in [0.2, 0.25) is 0 Å². The fourth-order valence-corrected chi connectivity index (χ4v) is 7.26. The summed E-state index contributed by atoms with van der Waals surface area (Å²) in [5.41, 5.74) is 0. The molecule has 0 heterocycles. The van der Waals surface area contributed by atoms with E-state index in [0.717, 1.165) is 77.0 Å². The largest absolute Gasteiger partial charge is 0.462 e. The first-order chi connectivity index (χ1) is 29.5. The summed E-state index contributed by atoms with van der Waals surface area (Å²) in [6.07, 6.45) is 58.5. The van der Waals surface area contributed by atoms with Crippen molar-refractivity contribution < 1.29 is 28.6 Å². The summed E-state index contributed by atoms with van der Waals surface area (Å²) in [5.74, 6) is -0.932. The third-order valence-electron chi connectivity index (χ3n) is 11.1. The molecule has 60 heavy (non-hydrogen) atoms. The molecular formula is C54H96O6. The topological polar surface area (TPSA) is 78.9 Å². The van der Waals surface area contributed by atoms with Gasteiger partial charge >= 0.3 is 17.9 Å². The molecule has 0 aromatic rings. The smallest absolute Gasteiger partial charge is 0.306 e. The zero-order valence-corrected chi connectivity index (χ0v) is 39.7. The molecule has 1 unspecified atom stereocenters. The van der Waals surface area contributed by atoms with E-state index in [1.165, 1.54) is 135 Å². The Hall–Kier alpha value is -2.63. The van der Waals surface area contributed by atoms with Crippen molar-refractivity contribution in [2.45, 2.75) is 264 Å². The number of carbonyl (C=O) groups excluding carboxylic acids is 3. The van der Waals surface area contributed by atoms with Crippen LogP contribution in [0.4, 0.5) is 0 Å². The van der Waals surface area contributed by atoms with Crippen molar-refractivity contribution in [2.24, 2.45) is 0 Å². The predicted molar refractivity (Wildman–Crippen MR) is 256 cm³/mol. The number of esters is 3. The van der Waals surface area contributed by atoms with E-state index in [-0.39, 0.29) is 37.5 Å².